The number of nitrogens with zero attached hydrogens (tertiary/aromatic N) is 6. The second-order valence-electron chi connectivity index (χ2n) is 19.7. The number of nitrogens with two attached hydrogens (primary N) is 1. The van der Waals surface area contributed by atoms with E-state index in [1.807, 2.05) is 4.90 Å². The molecule has 0 spiro atoms. The first-order chi connectivity index (χ1) is 37.5. The Hall–Kier alpha value is -8.28. The SMILES string of the molecule is COc1ccc2ncc(=O)n(CCN3CCC(N(Cc4ccc5c(n4)NC(=O)CO5)C(=O)OCc4ccc(NC(=O)[C@H](CCCNC(N)=O)CC(=O)[C@@H](NC(=O)CCCCCN5C(=O)C=CC5=O)C(C)C)cc4)[C@H](F)C3)c2c1. The standard InChI is InChI=1S/C54H66FN11O12/c1-33(2)50(61-45(68)9-5-4-6-22-65-47(70)18-19-48(65)71)43(67)26-35(8-7-21-57-53(56)74)52(73)60-36-12-10-34(11-13-36)31-78-54(75)66(29-37-14-17-44-51(59-37)62-46(69)32-77-44)41-20-23-63(30-39(41)55)24-25-64-42-27-38(76-3)15-16-40(42)58-28-49(64)72/h10-19,27-28,33,35,39,41,50H,4-9,20-26,29-32H2,1-3H3,(H,60,73)(H,61,68)(H3,56,57,74)(H,59,62,69)/t35-,39-,41?,50+/m1/s1. The van der Waals surface area contributed by atoms with Gasteiger partial charge in [0.15, 0.2) is 24.0 Å². The van der Waals surface area contributed by atoms with Gasteiger partial charge in [-0.3, -0.25) is 48.3 Å². The minimum absolute atomic E-state index is 0.0471. The van der Waals surface area contributed by atoms with Gasteiger partial charge >= 0.3 is 12.1 Å². The maximum atomic E-state index is 16.5. The van der Waals surface area contributed by atoms with Crippen LogP contribution in [0.3, 0.4) is 0 Å². The number of fused-ring (bicyclic) bond motifs is 2. The van der Waals surface area contributed by atoms with Gasteiger partial charge in [0.2, 0.25) is 11.8 Å². The molecule has 0 saturated carbocycles. The molecule has 78 heavy (non-hydrogen) atoms. The molecular weight excluding hydrogens is 1010 g/mol. The van der Waals surface area contributed by atoms with Crippen LogP contribution in [-0.2, 0) is 53.2 Å². The third kappa shape index (κ3) is 15.7. The topological polar surface area (TPSA) is 296 Å². The number of likely N-dealkylation sites (tertiary alicyclic amines) is 1. The van der Waals surface area contributed by atoms with Crippen molar-refractivity contribution in [3.63, 3.8) is 0 Å². The van der Waals surface area contributed by atoms with Crippen molar-refractivity contribution in [2.24, 2.45) is 17.6 Å². The van der Waals surface area contributed by atoms with E-state index in [0.717, 1.165) is 4.90 Å². The number of alkyl halides is 1. The highest BCUT2D eigenvalue weighted by Crippen LogP contribution is 2.29. The van der Waals surface area contributed by atoms with E-state index in [9.17, 15) is 43.2 Å². The van der Waals surface area contributed by atoms with Gasteiger partial charge < -0.3 is 45.8 Å². The van der Waals surface area contributed by atoms with Crippen LogP contribution in [0.15, 0.2) is 77.7 Å². The number of pyridine rings is 1. The maximum absolute atomic E-state index is 16.5. The van der Waals surface area contributed by atoms with E-state index < -0.39 is 48.1 Å². The summed E-state index contributed by atoms with van der Waals surface area (Å²) in [5.41, 5.74) is 7.35. The second kappa shape index (κ2) is 27.2. The number of carbonyl (C=O) groups excluding carboxylic acids is 8. The van der Waals surface area contributed by atoms with Crippen molar-refractivity contribution in [1.29, 1.82) is 0 Å². The van der Waals surface area contributed by atoms with Crippen molar-refractivity contribution in [2.75, 3.05) is 57.1 Å². The number of urea groups is 1. The first kappa shape index (κ1) is 57.4. The minimum atomic E-state index is -1.54. The Labute approximate surface area is 449 Å². The Bertz CT molecular complexity index is 2930. The van der Waals surface area contributed by atoms with Gasteiger partial charge in [-0.15, -0.1) is 0 Å². The summed E-state index contributed by atoms with van der Waals surface area (Å²) in [7, 11) is 1.53. The highest BCUT2D eigenvalue weighted by molar-refractivity contribution is 6.12. The average Bonchev–Trinajstić information content (AvgIpc) is 3.75. The monoisotopic (exact) mass is 1080 g/mol. The molecule has 8 amide bonds. The van der Waals surface area contributed by atoms with E-state index in [4.69, 9.17) is 19.9 Å². The third-order valence-corrected chi connectivity index (χ3v) is 13.7. The fraction of sp³-hybridized carbons (Fsp3) is 0.463. The summed E-state index contributed by atoms with van der Waals surface area (Å²) in [4.78, 5) is 128. The second-order valence-corrected chi connectivity index (χ2v) is 19.7. The van der Waals surface area contributed by atoms with Gasteiger partial charge in [-0.25, -0.2) is 23.9 Å². The number of Topliss-reactive ketones (excluding diaryl/α,β-unsaturated/α-hetero) is 1. The summed E-state index contributed by atoms with van der Waals surface area (Å²) in [6.45, 7) is 4.31. The van der Waals surface area contributed by atoms with E-state index in [1.54, 1.807) is 73.0 Å². The van der Waals surface area contributed by atoms with E-state index >= 15 is 4.39 Å². The zero-order chi connectivity index (χ0) is 55.9. The van der Waals surface area contributed by atoms with Crippen molar-refractivity contribution in [3.8, 4) is 11.5 Å². The predicted octanol–water partition coefficient (Wildman–Crippen LogP) is 3.97. The number of carbonyl (C=O) groups is 8. The molecule has 0 bridgehead atoms. The van der Waals surface area contributed by atoms with Crippen LogP contribution in [0.5, 0.6) is 11.5 Å². The van der Waals surface area contributed by atoms with E-state index in [-0.39, 0.29) is 112 Å². The van der Waals surface area contributed by atoms with Gasteiger partial charge in [0.25, 0.3) is 23.3 Å². The van der Waals surface area contributed by atoms with Gasteiger partial charge in [-0.1, -0.05) is 32.4 Å². The fourth-order valence-electron chi connectivity index (χ4n) is 9.49. The van der Waals surface area contributed by atoms with E-state index in [0.29, 0.717) is 78.2 Å². The number of amides is 8. The van der Waals surface area contributed by atoms with Gasteiger partial charge in [-0.2, -0.15) is 0 Å². The summed E-state index contributed by atoms with van der Waals surface area (Å²) < 4.78 is 34.7. The molecular formula is C54H66FN11O12. The zero-order valence-corrected chi connectivity index (χ0v) is 43.9. The smallest absolute Gasteiger partial charge is 0.410 e. The number of methoxy groups -OCH3 is 1. The normalized spacial score (nSPS) is 16.9. The quantitative estimate of drug-likeness (QED) is 0.0439. The molecule has 2 aromatic heterocycles. The van der Waals surface area contributed by atoms with Crippen LogP contribution in [0.2, 0.25) is 0 Å². The maximum Gasteiger partial charge on any atom is 0.410 e. The molecule has 23 nitrogen and oxygen atoms in total. The molecule has 1 fully saturated rings. The number of benzene rings is 2. The molecule has 1 unspecified atom stereocenters. The number of aromatic nitrogens is 3. The molecule has 4 atom stereocenters. The van der Waals surface area contributed by atoms with Crippen LogP contribution in [0, 0.1) is 11.8 Å². The van der Waals surface area contributed by atoms with Gasteiger partial charge in [0, 0.05) is 81.9 Å². The Morgan fingerprint density at radius 1 is 0.949 bits per heavy atom. The third-order valence-electron chi connectivity index (χ3n) is 13.7. The van der Waals surface area contributed by atoms with Crippen molar-refractivity contribution in [1.82, 2.24) is 39.9 Å². The molecule has 2 aromatic carbocycles. The summed E-state index contributed by atoms with van der Waals surface area (Å²) in [6, 6.07) is 12.4. The number of anilines is 2. The Morgan fingerprint density at radius 2 is 1.72 bits per heavy atom. The fourth-order valence-corrected chi connectivity index (χ4v) is 9.49. The van der Waals surface area contributed by atoms with Crippen molar-refractivity contribution >= 4 is 70.0 Å². The lowest BCUT2D eigenvalue weighted by molar-refractivity contribution is -0.137. The molecule has 3 aliphatic heterocycles. The number of nitrogens with one attached hydrogen (secondary N) is 4. The largest absolute Gasteiger partial charge is 0.497 e. The van der Waals surface area contributed by atoms with Crippen LogP contribution in [0.1, 0.15) is 76.5 Å². The van der Waals surface area contributed by atoms with Crippen molar-refractivity contribution in [3.05, 3.63) is 94.6 Å². The van der Waals surface area contributed by atoms with Crippen molar-refractivity contribution < 1.29 is 57.0 Å². The van der Waals surface area contributed by atoms with E-state index in [2.05, 4.69) is 31.2 Å². The van der Waals surface area contributed by atoms with Crippen LogP contribution in [0.25, 0.3) is 11.0 Å². The number of unbranched alkanes of at least 4 members (excludes halogenated alkanes) is 2. The number of halogens is 1. The molecule has 7 rings (SSSR count). The lowest BCUT2D eigenvalue weighted by atomic mass is 9.89. The lowest BCUT2D eigenvalue weighted by Crippen LogP contribution is -2.54. The summed E-state index contributed by atoms with van der Waals surface area (Å²) in [5, 5.41) is 10.8. The molecule has 5 heterocycles. The molecule has 3 aliphatic rings. The zero-order valence-electron chi connectivity index (χ0n) is 43.9. The number of hydrogen-bond donors (Lipinski definition) is 5. The molecule has 4 aromatic rings. The molecule has 0 aliphatic carbocycles. The van der Waals surface area contributed by atoms with Crippen LogP contribution in [0.4, 0.5) is 25.5 Å². The number of imide groups is 1. The minimum Gasteiger partial charge on any atom is -0.497 e. The molecule has 6 N–H and O–H groups in total. The highest BCUT2D eigenvalue weighted by atomic mass is 19.1. The molecule has 1 saturated heterocycles. The Morgan fingerprint density at radius 3 is 2.44 bits per heavy atom. The van der Waals surface area contributed by atoms with Crippen LogP contribution >= 0.6 is 0 Å². The number of primary amides is 1. The molecule has 0 radical (unpaired) electrons. The van der Waals surface area contributed by atoms with Crippen molar-refractivity contribution in [2.45, 2.75) is 103 Å². The van der Waals surface area contributed by atoms with Gasteiger partial charge in [-0.05, 0) is 80.0 Å². The highest BCUT2D eigenvalue weighted by Gasteiger charge is 2.38. The first-order valence-electron chi connectivity index (χ1n) is 26.0. The number of hydrogen-bond acceptors (Lipinski definition) is 15. The number of ketones is 1. The van der Waals surface area contributed by atoms with Gasteiger partial charge in [0.05, 0.1) is 48.7 Å². The van der Waals surface area contributed by atoms with Crippen LogP contribution in [-0.4, -0.2) is 141 Å². The molecule has 24 heteroatoms. The Kier molecular flexibility index (Phi) is 20.0. The molecule has 416 valence electrons. The summed E-state index contributed by atoms with van der Waals surface area (Å²) in [5.74, 6) is -2.42. The summed E-state index contributed by atoms with van der Waals surface area (Å²) >= 11 is 0. The Balaban J connectivity index is 0.959. The van der Waals surface area contributed by atoms with Gasteiger partial charge in [0.1, 0.15) is 18.5 Å². The number of piperidine rings is 1. The lowest BCUT2D eigenvalue weighted by Gasteiger charge is -2.40. The average molecular weight is 1080 g/mol. The first-order valence-corrected chi connectivity index (χ1v) is 26.0. The van der Waals surface area contributed by atoms with E-state index in [1.165, 1.54) is 30.4 Å². The predicted molar refractivity (Wildman–Crippen MR) is 282 cm³/mol. The van der Waals surface area contributed by atoms with Crippen LogP contribution < -0.4 is 42.0 Å². The summed E-state index contributed by atoms with van der Waals surface area (Å²) in [6.07, 6.45) is 3.51. The number of ether oxygens (including phenoxy) is 3. The number of rotatable bonds is 26.